The van der Waals surface area contributed by atoms with Crippen molar-refractivity contribution >= 4 is 11.7 Å². The molecular formula is C12H10F3N3O3. The number of carboxylic acids is 1. The molecule has 2 aromatic rings. The Labute approximate surface area is 116 Å². The molecule has 0 unspecified atom stereocenters. The van der Waals surface area contributed by atoms with Crippen LogP contribution in [0.5, 0.6) is 0 Å². The summed E-state index contributed by atoms with van der Waals surface area (Å²) in [5, 5.41) is 15.2. The van der Waals surface area contributed by atoms with Gasteiger partial charge in [0.15, 0.2) is 5.82 Å². The fourth-order valence-electron chi connectivity index (χ4n) is 1.67. The van der Waals surface area contributed by atoms with E-state index in [4.69, 9.17) is 9.63 Å². The molecule has 0 saturated heterocycles. The van der Waals surface area contributed by atoms with Crippen molar-refractivity contribution < 1.29 is 27.6 Å². The highest BCUT2D eigenvalue weighted by Gasteiger charge is 2.35. The number of nitrogens with zero attached hydrogens (tertiary/aromatic N) is 2. The van der Waals surface area contributed by atoms with E-state index in [1.54, 1.807) is 6.92 Å². The van der Waals surface area contributed by atoms with Gasteiger partial charge in [-0.3, -0.25) is 0 Å². The maximum atomic E-state index is 12.7. The standard InChI is InChI=1S/C12H10F3N3O3/c1-6-17-10(18-21-6)5-16-7-2-3-9(12(13,14)15)8(4-7)11(19)20/h2-4,16H,5H2,1H3,(H,19,20). The van der Waals surface area contributed by atoms with Gasteiger partial charge in [0.1, 0.15) is 0 Å². The van der Waals surface area contributed by atoms with E-state index in [9.17, 15) is 18.0 Å². The molecule has 0 spiro atoms. The van der Waals surface area contributed by atoms with Gasteiger partial charge in [0, 0.05) is 12.6 Å². The number of benzene rings is 1. The van der Waals surface area contributed by atoms with Gasteiger partial charge < -0.3 is 14.9 Å². The fourth-order valence-corrected chi connectivity index (χ4v) is 1.67. The lowest BCUT2D eigenvalue weighted by Gasteiger charge is -2.12. The summed E-state index contributed by atoms with van der Waals surface area (Å²) in [7, 11) is 0. The molecule has 112 valence electrons. The molecule has 2 rings (SSSR count). The zero-order valence-corrected chi connectivity index (χ0v) is 10.7. The average Bonchev–Trinajstić information content (AvgIpc) is 2.80. The minimum Gasteiger partial charge on any atom is -0.478 e. The Bertz CT molecular complexity index is 667. The largest absolute Gasteiger partial charge is 0.478 e. The van der Waals surface area contributed by atoms with Crippen LogP contribution in [0, 0.1) is 6.92 Å². The van der Waals surface area contributed by atoms with Crippen LogP contribution in [0.2, 0.25) is 0 Å². The second-order valence-electron chi connectivity index (χ2n) is 4.15. The third kappa shape index (κ3) is 3.50. The predicted octanol–water partition coefficient (Wildman–Crippen LogP) is 2.71. The van der Waals surface area contributed by atoms with Crippen molar-refractivity contribution in [1.82, 2.24) is 10.1 Å². The lowest BCUT2D eigenvalue weighted by Crippen LogP contribution is -2.13. The highest BCUT2D eigenvalue weighted by Crippen LogP contribution is 2.33. The molecule has 1 heterocycles. The Hall–Kier alpha value is -2.58. The Morgan fingerprint density at radius 3 is 2.67 bits per heavy atom. The van der Waals surface area contributed by atoms with E-state index in [1.165, 1.54) is 0 Å². The molecule has 0 fully saturated rings. The third-order valence-corrected chi connectivity index (χ3v) is 2.58. The quantitative estimate of drug-likeness (QED) is 0.902. The van der Waals surface area contributed by atoms with Crippen molar-refractivity contribution in [2.45, 2.75) is 19.6 Å². The van der Waals surface area contributed by atoms with E-state index in [2.05, 4.69) is 15.5 Å². The van der Waals surface area contributed by atoms with Crippen LogP contribution in [0.1, 0.15) is 27.6 Å². The van der Waals surface area contributed by atoms with Gasteiger partial charge in [0.05, 0.1) is 17.7 Å². The normalized spacial score (nSPS) is 11.4. The van der Waals surface area contributed by atoms with Crippen LogP contribution < -0.4 is 5.32 Å². The van der Waals surface area contributed by atoms with Crippen molar-refractivity contribution in [3.63, 3.8) is 0 Å². The Kier molecular flexibility index (Phi) is 3.83. The summed E-state index contributed by atoms with van der Waals surface area (Å²) in [5.74, 6) is -0.990. The molecule has 0 aliphatic heterocycles. The highest BCUT2D eigenvalue weighted by molar-refractivity contribution is 5.91. The number of nitrogens with one attached hydrogen (secondary N) is 1. The smallest absolute Gasteiger partial charge is 0.417 e. The van der Waals surface area contributed by atoms with Crippen LogP contribution in [-0.4, -0.2) is 21.2 Å². The van der Waals surface area contributed by atoms with Crippen molar-refractivity contribution in [2.24, 2.45) is 0 Å². The molecule has 1 aromatic carbocycles. The molecule has 0 aliphatic carbocycles. The van der Waals surface area contributed by atoms with Gasteiger partial charge in [0.2, 0.25) is 5.89 Å². The van der Waals surface area contributed by atoms with E-state index < -0.39 is 23.3 Å². The van der Waals surface area contributed by atoms with E-state index in [0.29, 0.717) is 17.8 Å². The predicted molar refractivity (Wildman–Crippen MR) is 64.8 cm³/mol. The van der Waals surface area contributed by atoms with Gasteiger partial charge in [-0.2, -0.15) is 18.2 Å². The number of carbonyl (C=O) groups is 1. The average molecular weight is 301 g/mol. The van der Waals surface area contributed by atoms with Crippen molar-refractivity contribution in [1.29, 1.82) is 0 Å². The number of hydrogen-bond acceptors (Lipinski definition) is 5. The topological polar surface area (TPSA) is 88.2 Å². The Morgan fingerprint density at radius 2 is 2.14 bits per heavy atom. The SMILES string of the molecule is Cc1nc(CNc2ccc(C(F)(F)F)c(C(=O)O)c2)no1. The number of aromatic nitrogens is 2. The van der Waals surface area contributed by atoms with Gasteiger partial charge >= 0.3 is 12.1 Å². The van der Waals surface area contributed by atoms with Crippen molar-refractivity contribution in [3.8, 4) is 0 Å². The van der Waals surface area contributed by atoms with E-state index in [-0.39, 0.29) is 12.2 Å². The van der Waals surface area contributed by atoms with E-state index in [1.807, 2.05) is 0 Å². The van der Waals surface area contributed by atoms with Gasteiger partial charge in [-0.05, 0) is 18.2 Å². The zero-order valence-electron chi connectivity index (χ0n) is 10.7. The highest BCUT2D eigenvalue weighted by atomic mass is 19.4. The van der Waals surface area contributed by atoms with E-state index in [0.717, 1.165) is 12.1 Å². The molecule has 0 aliphatic rings. The molecule has 0 amide bonds. The number of hydrogen-bond donors (Lipinski definition) is 2. The van der Waals surface area contributed by atoms with Crippen LogP contribution in [-0.2, 0) is 12.7 Å². The maximum absolute atomic E-state index is 12.7. The summed E-state index contributed by atoms with van der Waals surface area (Å²) in [6, 6.07) is 2.77. The molecular weight excluding hydrogens is 291 g/mol. The van der Waals surface area contributed by atoms with Crippen LogP contribution in [0.3, 0.4) is 0 Å². The molecule has 0 bridgehead atoms. The number of aryl methyl sites for hydroxylation is 1. The third-order valence-electron chi connectivity index (χ3n) is 2.58. The zero-order chi connectivity index (χ0) is 15.6. The van der Waals surface area contributed by atoms with Gasteiger partial charge in [0.25, 0.3) is 0 Å². The van der Waals surface area contributed by atoms with E-state index >= 15 is 0 Å². The summed E-state index contributed by atoms with van der Waals surface area (Å²) in [5.41, 5.74) is -1.81. The first kappa shape index (κ1) is 14.8. The van der Waals surface area contributed by atoms with Crippen LogP contribution in [0.4, 0.5) is 18.9 Å². The molecule has 0 atom stereocenters. The van der Waals surface area contributed by atoms with Gasteiger partial charge in [-0.25, -0.2) is 4.79 Å². The summed E-state index contributed by atoms with van der Waals surface area (Å²) in [6.45, 7) is 1.69. The minimum absolute atomic E-state index is 0.0990. The van der Waals surface area contributed by atoms with Crippen molar-refractivity contribution in [3.05, 3.63) is 41.0 Å². The molecule has 21 heavy (non-hydrogen) atoms. The second-order valence-corrected chi connectivity index (χ2v) is 4.15. The van der Waals surface area contributed by atoms with Crippen LogP contribution in [0.25, 0.3) is 0 Å². The molecule has 9 heteroatoms. The molecule has 1 aromatic heterocycles. The molecule has 0 radical (unpaired) electrons. The first-order chi connectivity index (χ1) is 9.77. The number of rotatable bonds is 4. The van der Waals surface area contributed by atoms with Crippen LogP contribution >= 0.6 is 0 Å². The fraction of sp³-hybridized carbons (Fsp3) is 0.250. The number of anilines is 1. The monoisotopic (exact) mass is 301 g/mol. The summed E-state index contributed by atoms with van der Waals surface area (Å²) < 4.78 is 42.8. The summed E-state index contributed by atoms with van der Waals surface area (Å²) in [6.07, 6.45) is -4.73. The maximum Gasteiger partial charge on any atom is 0.417 e. The Balaban J connectivity index is 2.22. The lowest BCUT2D eigenvalue weighted by molar-refractivity contribution is -0.138. The number of carboxylic acid groups (broad SMARTS) is 1. The first-order valence-electron chi connectivity index (χ1n) is 5.75. The minimum atomic E-state index is -4.73. The number of alkyl halides is 3. The summed E-state index contributed by atoms with van der Waals surface area (Å²) in [4.78, 5) is 14.8. The molecule has 0 saturated carbocycles. The molecule has 2 N–H and O–H groups in total. The lowest BCUT2D eigenvalue weighted by atomic mass is 10.1. The summed E-state index contributed by atoms with van der Waals surface area (Å²) >= 11 is 0. The number of halogens is 3. The first-order valence-corrected chi connectivity index (χ1v) is 5.75. The number of aromatic carboxylic acids is 1. The van der Waals surface area contributed by atoms with Crippen molar-refractivity contribution in [2.75, 3.05) is 5.32 Å². The van der Waals surface area contributed by atoms with Gasteiger partial charge in [-0.1, -0.05) is 5.16 Å². The second kappa shape index (κ2) is 5.43. The van der Waals surface area contributed by atoms with Gasteiger partial charge in [-0.15, -0.1) is 0 Å². The molecule has 6 nitrogen and oxygen atoms in total. The Morgan fingerprint density at radius 1 is 1.43 bits per heavy atom. The van der Waals surface area contributed by atoms with Crippen LogP contribution in [0.15, 0.2) is 22.7 Å².